The molecule has 1 aromatic rings. The van der Waals surface area contributed by atoms with E-state index < -0.39 is 0 Å². The lowest BCUT2D eigenvalue weighted by Gasteiger charge is -2.38. The van der Waals surface area contributed by atoms with Crippen molar-refractivity contribution in [2.75, 3.05) is 11.9 Å². The van der Waals surface area contributed by atoms with E-state index in [1.165, 1.54) is 0 Å². The molecule has 0 radical (unpaired) electrons. The minimum Gasteiger partial charge on any atom is -0.388 e. The maximum atomic E-state index is 10.1. The normalized spacial score (nSPS) is 13.5. The maximum absolute atomic E-state index is 10.1. The monoisotopic (exact) mass is 235 g/mol. The van der Waals surface area contributed by atoms with Gasteiger partial charge < -0.3 is 10.0 Å². The topological polar surface area (TPSA) is 23.5 Å². The lowest BCUT2D eigenvalue weighted by atomic mass is 9.96. The van der Waals surface area contributed by atoms with Crippen LogP contribution in [0.3, 0.4) is 0 Å². The van der Waals surface area contributed by atoms with Crippen LogP contribution in [-0.4, -0.2) is 17.7 Å². The van der Waals surface area contributed by atoms with E-state index in [-0.39, 0.29) is 11.6 Å². The van der Waals surface area contributed by atoms with E-state index in [1.54, 1.807) is 0 Å². The second kappa shape index (κ2) is 5.54. The first-order valence-corrected chi connectivity index (χ1v) is 6.44. The lowest BCUT2D eigenvalue weighted by molar-refractivity contribution is 0.174. The van der Waals surface area contributed by atoms with Crippen LogP contribution in [0.4, 0.5) is 5.69 Å². The van der Waals surface area contributed by atoms with Crippen molar-refractivity contribution in [2.24, 2.45) is 0 Å². The Kier molecular flexibility index (Phi) is 4.58. The highest BCUT2D eigenvalue weighted by molar-refractivity contribution is 5.55. The van der Waals surface area contributed by atoms with Gasteiger partial charge in [-0.2, -0.15) is 0 Å². The molecule has 0 aliphatic heterocycles. The van der Waals surface area contributed by atoms with Gasteiger partial charge in [0.1, 0.15) is 0 Å². The number of hydrogen-bond acceptors (Lipinski definition) is 2. The summed E-state index contributed by atoms with van der Waals surface area (Å²) < 4.78 is 0. The molecule has 0 saturated heterocycles. The molecule has 0 fully saturated rings. The molecule has 96 valence electrons. The summed E-state index contributed by atoms with van der Waals surface area (Å²) in [5.41, 5.74) is 2.26. The number of para-hydroxylation sites is 1. The van der Waals surface area contributed by atoms with Crippen molar-refractivity contribution in [3.05, 3.63) is 29.8 Å². The third-order valence-corrected chi connectivity index (χ3v) is 3.82. The van der Waals surface area contributed by atoms with Crippen molar-refractivity contribution in [1.82, 2.24) is 0 Å². The van der Waals surface area contributed by atoms with Gasteiger partial charge in [0.15, 0.2) is 0 Å². The summed E-state index contributed by atoms with van der Waals surface area (Å²) in [6.07, 6.45) is 1.44. The van der Waals surface area contributed by atoms with Crippen molar-refractivity contribution in [3.63, 3.8) is 0 Å². The summed E-state index contributed by atoms with van der Waals surface area (Å²) in [4.78, 5) is 2.27. The molecule has 0 saturated carbocycles. The SMILES string of the molecule is CC[C@H](O)c1ccccc1N(C)C(C)(C)CC. The van der Waals surface area contributed by atoms with Crippen LogP contribution in [0.2, 0.25) is 0 Å². The summed E-state index contributed by atoms with van der Waals surface area (Å²) in [6.45, 7) is 8.64. The third kappa shape index (κ3) is 3.01. The number of aliphatic hydroxyl groups excluding tert-OH is 1. The van der Waals surface area contributed by atoms with Gasteiger partial charge in [0.2, 0.25) is 0 Å². The maximum Gasteiger partial charge on any atom is 0.0807 e. The van der Waals surface area contributed by atoms with E-state index in [0.717, 1.165) is 24.1 Å². The molecule has 1 rings (SSSR count). The molecule has 0 unspecified atom stereocenters. The Hall–Kier alpha value is -1.02. The van der Waals surface area contributed by atoms with Crippen molar-refractivity contribution in [2.45, 2.75) is 52.2 Å². The van der Waals surface area contributed by atoms with Crippen LogP contribution in [0, 0.1) is 0 Å². The fourth-order valence-electron chi connectivity index (χ4n) is 1.86. The molecule has 0 spiro atoms. The molecule has 1 aromatic carbocycles. The van der Waals surface area contributed by atoms with Crippen molar-refractivity contribution < 1.29 is 5.11 Å². The number of benzene rings is 1. The van der Waals surface area contributed by atoms with Gasteiger partial charge in [0.25, 0.3) is 0 Å². The molecule has 0 aromatic heterocycles. The molecule has 0 aliphatic carbocycles. The average Bonchev–Trinajstić information content (AvgIpc) is 2.36. The minimum absolute atomic E-state index is 0.101. The van der Waals surface area contributed by atoms with Gasteiger partial charge in [-0.1, -0.05) is 32.0 Å². The van der Waals surface area contributed by atoms with E-state index in [1.807, 2.05) is 25.1 Å². The molecule has 2 heteroatoms. The Morgan fingerprint density at radius 3 is 2.35 bits per heavy atom. The third-order valence-electron chi connectivity index (χ3n) is 3.82. The Morgan fingerprint density at radius 1 is 1.24 bits per heavy atom. The van der Waals surface area contributed by atoms with Crippen LogP contribution < -0.4 is 4.90 Å². The van der Waals surface area contributed by atoms with Crippen LogP contribution in [0.25, 0.3) is 0 Å². The Labute approximate surface area is 105 Å². The van der Waals surface area contributed by atoms with E-state index in [0.29, 0.717) is 0 Å². The molecule has 0 heterocycles. The molecular weight excluding hydrogens is 210 g/mol. The number of rotatable bonds is 5. The molecule has 1 N–H and O–H groups in total. The molecule has 0 amide bonds. The molecule has 17 heavy (non-hydrogen) atoms. The van der Waals surface area contributed by atoms with E-state index in [2.05, 4.69) is 38.8 Å². The van der Waals surface area contributed by atoms with E-state index >= 15 is 0 Å². The minimum atomic E-state index is -0.374. The fourth-order valence-corrected chi connectivity index (χ4v) is 1.86. The van der Waals surface area contributed by atoms with Gasteiger partial charge in [0.05, 0.1) is 6.10 Å². The zero-order valence-corrected chi connectivity index (χ0v) is 11.7. The first-order chi connectivity index (χ1) is 7.94. The quantitative estimate of drug-likeness (QED) is 0.840. The summed E-state index contributed by atoms with van der Waals surface area (Å²) in [5, 5.41) is 10.1. The van der Waals surface area contributed by atoms with Crippen LogP contribution in [-0.2, 0) is 0 Å². The summed E-state index contributed by atoms with van der Waals surface area (Å²) >= 11 is 0. The molecule has 2 nitrogen and oxygen atoms in total. The molecule has 0 bridgehead atoms. The number of anilines is 1. The van der Waals surface area contributed by atoms with Crippen LogP contribution in [0.1, 0.15) is 52.2 Å². The van der Waals surface area contributed by atoms with Gasteiger partial charge in [0, 0.05) is 23.8 Å². The zero-order chi connectivity index (χ0) is 13.1. The van der Waals surface area contributed by atoms with Crippen molar-refractivity contribution >= 4 is 5.69 Å². The fraction of sp³-hybridized carbons (Fsp3) is 0.600. The highest BCUT2D eigenvalue weighted by atomic mass is 16.3. The second-order valence-corrected chi connectivity index (χ2v) is 5.21. The predicted molar refractivity (Wildman–Crippen MR) is 74.5 cm³/mol. The van der Waals surface area contributed by atoms with Gasteiger partial charge in [-0.3, -0.25) is 0 Å². The van der Waals surface area contributed by atoms with Gasteiger partial charge >= 0.3 is 0 Å². The molecular formula is C15H25NO. The van der Waals surface area contributed by atoms with Crippen LogP contribution >= 0.6 is 0 Å². The van der Waals surface area contributed by atoms with Gasteiger partial charge in [-0.15, -0.1) is 0 Å². The number of nitrogens with zero attached hydrogens (tertiary/aromatic N) is 1. The van der Waals surface area contributed by atoms with E-state index in [9.17, 15) is 5.11 Å². The summed E-state index contributed by atoms with van der Waals surface area (Å²) in [6, 6.07) is 8.13. The standard InChI is InChI=1S/C15H25NO/c1-6-14(17)12-10-8-9-11-13(12)16(5)15(3,4)7-2/h8-11,14,17H,6-7H2,1-5H3/t14-/m0/s1. The summed E-state index contributed by atoms with van der Waals surface area (Å²) in [5.74, 6) is 0. The lowest BCUT2D eigenvalue weighted by Crippen LogP contribution is -2.41. The second-order valence-electron chi connectivity index (χ2n) is 5.21. The smallest absolute Gasteiger partial charge is 0.0807 e. The molecule has 0 aliphatic rings. The van der Waals surface area contributed by atoms with Crippen molar-refractivity contribution in [1.29, 1.82) is 0 Å². The molecule has 1 atom stereocenters. The van der Waals surface area contributed by atoms with Crippen LogP contribution in [0.15, 0.2) is 24.3 Å². The number of hydrogen-bond donors (Lipinski definition) is 1. The van der Waals surface area contributed by atoms with Gasteiger partial charge in [-0.05, 0) is 32.8 Å². The Balaban J connectivity index is 3.13. The largest absolute Gasteiger partial charge is 0.388 e. The number of aliphatic hydroxyl groups is 1. The highest BCUT2D eigenvalue weighted by Gasteiger charge is 2.24. The highest BCUT2D eigenvalue weighted by Crippen LogP contribution is 2.32. The zero-order valence-electron chi connectivity index (χ0n) is 11.7. The van der Waals surface area contributed by atoms with E-state index in [4.69, 9.17) is 0 Å². The Morgan fingerprint density at radius 2 is 1.82 bits per heavy atom. The Bertz CT molecular complexity index is 360. The van der Waals surface area contributed by atoms with Crippen molar-refractivity contribution in [3.8, 4) is 0 Å². The van der Waals surface area contributed by atoms with Crippen LogP contribution in [0.5, 0.6) is 0 Å². The average molecular weight is 235 g/mol. The first-order valence-electron chi connectivity index (χ1n) is 6.44. The van der Waals surface area contributed by atoms with Gasteiger partial charge in [-0.25, -0.2) is 0 Å². The predicted octanol–water partition coefficient (Wildman–Crippen LogP) is 3.75. The first kappa shape index (κ1) is 14.0. The summed E-state index contributed by atoms with van der Waals surface area (Å²) in [7, 11) is 2.10.